The third kappa shape index (κ3) is 4.16. The van der Waals surface area contributed by atoms with Crippen molar-refractivity contribution in [3.05, 3.63) is 70.3 Å². The van der Waals surface area contributed by atoms with Crippen LogP contribution in [0.2, 0.25) is 0 Å². The van der Waals surface area contributed by atoms with E-state index in [0.717, 1.165) is 6.42 Å². The number of aliphatic hydroxyl groups excluding tert-OH is 1. The second kappa shape index (κ2) is 8.96. The highest BCUT2D eigenvalue weighted by Gasteiger charge is 2.46. The predicted octanol–water partition coefficient (Wildman–Crippen LogP) is 4.65. The normalized spacial score (nSPS) is 16.3. The number of aromatic nitrogens is 2. The summed E-state index contributed by atoms with van der Waals surface area (Å²) in [5, 5.41) is 19.7. The van der Waals surface area contributed by atoms with Crippen molar-refractivity contribution in [1.29, 1.82) is 0 Å². The number of nitrogens with zero attached hydrogens (tertiary/aromatic N) is 3. The average molecular weight is 454 g/mol. The molecule has 166 valence electrons. The van der Waals surface area contributed by atoms with Crippen molar-refractivity contribution >= 4 is 28.2 Å². The van der Waals surface area contributed by atoms with Crippen molar-refractivity contribution in [2.75, 3.05) is 11.5 Å². The zero-order valence-corrected chi connectivity index (χ0v) is 18.8. The molecular formula is C23H23N3O5S. The lowest BCUT2D eigenvalue weighted by atomic mass is 9.95. The number of aliphatic hydroxyl groups is 1. The third-order valence-electron chi connectivity index (χ3n) is 5.06. The van der Waals surface area contributed by atoms with E-state index in [-0.39, 0.29) is 16.5 Å². The molecule has 0 bridgehead atoms. The summed E-state index contributed by atoms with van der Waals surface area (Å²) in [5.74, 6) is -0.772. The van der Waals surface area contributed by atoms with E-state index in [1.165, 1.54) is 28.6 Å². The van der Waals surface area contributed by atoms with Gasteiger partial charge < -0.3 is 14.3 Å². The Kier molecular flexibility index (Phi) is 6.09. The molecule has 9 heteroatoms. The molecule has 0 saturated heterocycles. The number of rotatable bonds is 8. The number of aryl methyl sites for hydroxylation is 1. The predicted molar refractivity (Wildman–Crippen MR) is 119 cm³/mol. The molecule has 3 heterocycles. The highest BCUT2D eigenvalue weighted by Crippen LogP contribution is 2.43. The fourth-order valence-electron chi connectivity index (χ4n) is 3.46. The SMILES string of the molecule is Cc1nnc(N2C(=O)C(O)=C(C(=O)c3ccco3)C2c2cccc(OCCC(C)C)c2)s1. The lowest BCUT2D eigenvalue weighted by Crippen LogP contribution is -2.31. The summed E-state index contributed by atoms with van der Waals surface area (Å²) < 4.78 is 11.1. The second-order valence-electron chi connectivity index (χ2n) is 7.85. The van der Waals surface area contributed by atoms with Crippen molar-refractivity contribution in [3.8, 4) is 5.75 Å². The minimum absolute atomic E-state index is 0.0315. The molecule has 32 heavy (non-hydrogen) atoms. The average Bonchev–Trinajstić information content (AvgIpc) is 3.49. The van der Waals surface area contributed by atoms with Crippen LogP contribution in [-0.4, -0.2) is 33.6 Å². The molecule has 1 aromatic carbocycles. The summed E-state index contributed by atoms with van der Waals surface area (Å²) in [6.07, 6.45) is 2.26. The first-order valence-electron chi connectivity index (χ1n) is 10.2. The summed E-state index contributed by atoms with van der Waals surface area (Å²) in [4.78, 5) is 27.6. The van der Waals surface area contributed by atoms with Crippen LogP contribution >= 0.6 is 11.3 Å². The van der Waals surface area contributed by atoms with E-state index in [4.69, 9.17) is 9.15 Å². The molecule has 1 atom stereocenters. The molecule has 1 aliphatic heterocycles. The van der Waals surface area contributed by atoms with Crippen molar-refractivity contribution in [2.45, 2.75) is 33.2 Å². The van der Waals surface area contributed by atoms with Gasteiger partial charge in [0.15, 0.2) is 11.5 Å². The van der Waals surface area contributed by atoms with Gasteiger partial charge in [-0.15, -0.1) is 10.2 Å². The molecule has 3 aromatic rings. The van der Waals surface area contributed by atoms with Gasteiger partial charge in [-0.3, -0.25) is 14.5 Å². The van der Waals surface area contributed by atoms with Gasteiger partial charge in [0.25, 0.3) is 5.91 Å². The van der Waals surface area contributed by atoms with Gasteiger partial charge in [0, 0.05) is 0 Å². The number of furan rings is 1. The summed E-state index contributed by atoms with van der Waals surface area (Å²) in [7, 11) is 0. The third-order valence-corrected chi connectivity index (χ3v) is 5.89. The van der Waals surface area contributed by atoms with E-state index in [0.29, 0.717) is 28.8 Å². The van der Waals surface area contributed by atoms with Gasteiger partial charge in [-0.2, -0.15) is 0 Å². The molecule has 4 rings (SSSR count). The van der Waals surface area contributed by atoms with E-state index in [1.54, 1.807) is 31.2 Å². The molecule has 0 radical (unpaired) electrons. The summed E-state index contributed by atoms with van der Waals surface area (Å²) in [6, 6.07) is 9.32. The van der Waals surface area contributed by atoms with E-state index in [2.05, 4.69) is 24.0 Å². The maximum absolute atomic E-state index is 13.2. The number of amides is 1. The number of carbonyl (C=O) groups excluding carboxylic acids is 2. The number of anilines is 1. The Morgan fingerprint density at radius 2 is 2.09 bits per heavy atom. The molecule has 1 amide bonds. The highest BCUT2D eigenvalue weighted by atomic mass is 32.1. The van der Waals surface area contributed by atoms with E-state index in [9.17, 15) is 14.7 Å². The van der Waals surface area contributed by atoms with Crippen LogP contribution in [0.3, 0.4) is 0 Å². The molecule has 0 saturated carbocycles. The molecule has 1 aliphatic rings. The lowest BCUT2D eigenvalue weighted by Gasteiger charge is -2.24. The first-order valence-corrected chi connectivity index (χ1v) is 11.1. The van der Waals surface area contributed by atoms with Gasteiger partial charge in [0.1, 0.15) is 10.8 Å². The van der Waals surface area contributed by atoms with Crippen molar-refractivity contribution in [2.24, 2.45) is 5.92 Å². The summed E-state index contributed by atoms with van der Waals surface area (Å²) in [5.41, 5.74) is 0.532. The maximum atomic E-state index is 13.2. The first kappa shape index (κ1) is 21.8. The number of carbonyl (C=O) groups is 2. The number of Topliss-reactive ketones (excluding diaryl/α,β-unsaturated/α-hetero) is 1. The standard InChI is InChI=1S/C23H23N3O5S/c1-13(2)9-11-30-16-7-4-6-15(12-16)19-18(20(27)17-8-5-10-31-17)21(28)22(29)26(19)23-25-24-14(3)32-23/h4-8,10,12-13,19,28H,9,11H2,1-3H3. The van der Waals surface area contributed by atoms with Crippen LogP contribution in [0, 0.1) is 12.8 Å². The summed E-state index contributed by atoms with van der Waals surface area (Å²) in [6.45, 7) is 6.54. The Morgan fingerprint density at radius 3 is 2.75 bits per heavy atom. The topological polar surface area (TPSA) is 106 Å². The molecule has 0 fully saturated rings. The van der Waals surface area contributed by atoms with Crippen LogP contribution < -0.4 is 9.64 Å². The van der Waals surface area contributed by atoms with Gasteiger partial charge in [0.05, 0.1) is 24.5 Å². The quantitative estimate of drug-likeness (QED) is 0.495. The van der Waals surface area contributed by atoms with Crippen molar-refractivity contribution in [1.82, 2.24) is 10.2 Å². The van der Waals surface area contributed by atoms with Gasteiger partial charge >= 0.3 is 0 Å². The van der Waals surface area contributed by atoms with Gasteiger partial charge in [0.2, 0.25) is 10.9 Å². The number of hydrogen-bond acceptors (Lipinski definition) is 8. The van der Waals surface area contributed by atoms with Gasteiger partial charge in [-0.1, -0.05) is 37.3 Å². The molecule has 1 unspecified atom stereocenters. The molecule has 0 spiro atoms. The van der Waals surface area contributed by atoms with Crippen molar-refractivity contribution < 1.29 is 23.8 Å². The Hall–Kier alpha value is -3.46. The number of ketones is 1. The van der Waals surface area contributed by atoms with Crippen LogP contribution in [0.15, 0.2) is 58.4 Å². The zero-order valence-electron chi connectivity index (χ0n) is 17.9. The number of hydrogen-bond donors (Lipinski definition) is 1. The molecule has 8 nitrogen and oxygen atoms in total. The first-order chi connectivity index (χ1) is 15.4. The van der Waals surface area contributed by atoms with Gasteiger partial charge in [-0.05, 0) is 49.1 Å². The Morgan fingerprint density at radius 1 is 1.28 bits per heavy atom. The largest absolute Gasteiger partial charge is 0.503 e. The van der Waals surface area contributed by atoms with Crippen LogP contribution in [0.4, 0.5) is 5.13 Å². The number of benzene rings is 1. The molecule has 2 aromatic heterocycles. The van der Waals surface area contributed by atoms with E-state index in [1.807, 2.05) is 6.07 Å². The minimum Gasteiger partial charge on any atom is -0.503 e. The van der Waals surface area contributed by atoms with Crippen LogP contribution in [0.25, 0.3) is 0 Å². The molecule has 0 aliphatic carbocycles. The van der Waals surface area contributed by atoms with Crippen molar-refractivity contribution in [3.63, 3.8) is 0 Å². The Bertz CT molecular complexity index is 1170. The molecule has 1 N–H and O–H groups in total. The highest BCUT2D eigenvalue weighted by molar-refractivity contribution is 7.15. The van der Waals surface area contributed by atoms with Crippen LogP contribution in [0.5, 0.6) is 5.75 Å². The Balaban J connectivity index is 1.77. The van der Waals surface area contributed by atoms with Gasteiger partial charge in [-0.25, -0.2) is 0 Å². The second-order valence-corrected chi connectivity index (χ2v) is 9.01. The van der Waals surface area contributed by atoms with E-state index < -0.39 is 23.5 Å². The lowest BCUT2D eigenvalue weighted by molar-refractivity contribution is -0.117. The van der Waals surface area contributed by atoms with E-state index >= 15 is 0 Å². The maximum Gasteiger partial charge on any atom is 0.296 e. The fourth-order valence-corrected chi connectivity index (χ4v) is 4.17. The smallest absolute Gasteiger partial charge is 0.296 e. The summed E-state index contributed by atoms with van der Waals surface area (Å²) >= 11 is 1.20. The van der Waals surface area contributed by atoms with Crippen LogP contribution in [-0.2, 0) is 4.79 Å². The Labute approximate surface area is 189 Å². The number of ether oxygens (including phenoxy) is 1. The fraction of sp³-hybridized carbons (Fsp3) is 0.304. The monoisotopic (exact) mass is 453 g/mol. The minimum atomic E-state index is -0.902. The van der Waals surface area contributed by atoms with Crippen LogP contribution in [0.1, 0.15) is 47.4 Å². The zero-order chi connectivity index (χ0) is 22.8. The molecular weight excluding hydrogens is 430 g/mol.